The number of hydrogen-bond acceptors (Lipinski definition) is 4. The molecule has 76 valence electrons. The highest BCUT2D eigenvalue weighted by molar-refractivity contribution is 7.87. The topological polar surface area (TPSA) is 67.2 Å². The van der Waals surface area contributed by atoms with Crippen molar-refractivity contribution in [2.45, 2.75) is 25.0 Å². The summed E-state index contributed by atoms with van der Waals surface area (Å²) in [6.45, 7) is -0.147. The summed E-state index contributed by atoms with van der Waals surface area (Å²) in [4.78, 5) is 0. The maximum atomic E-state index is 12.2. The summed E-state index contributed by atoms with van der Waals surface area (Å²) in [6.07, 6.45) is 0.191. The van der Waals surface area contributed by atoms with E-state index < -0.39 is 15.4 Å². The Morgan fingerprint density at radius 1 is 1.54 bits per heavy atom. The summed E-state index contributed by atoms with van der Waals surface area (Å²) in [7, 11) is -4.82. The Morgan fingerprint density at radius 3 is 2.46 bits per heavy atom. The lowest BCUT2D eigenvalue weighted by molar-refractivity contribution is 0.0930. The molecule has 0 unspecified atom stereocenters. The summed E-state index contributed by atoms with van der Waals surface area (Å²) >= 11 is 0. The first-order chi connectivity index (χ1) is 5.81. The lowest BCUT2D eigenvalue weighted by Crippen LogP contribution is -2.27. The summed E-state index contributed by atoms with van der Waals surface area (Å²) in [5.74, 6) is 0. The summed E-state index contributed by atoms with van der Waals surface area (Å²) in [5, 5.41) is 4.16. The average molecular weight is 213 g/mol. The predicted octanol–water partition coefficient (Wildman–Crippen LogP) is 1.25. The van der Waals surface area contributed by atoms with E-state index in [2.05, 4.69) is 4.18 Å². The van der Waals surface area contributed by atoms with Gasteiger partial charge in [-0.2, -0.15) is 22.5 Å². The van der Waals surface area contributed by atoms with Crippen LogP contribution >= 0.6 is 0 Å². The number of halogens is 2. The molecule has 7 heteroatoms. The van der Waals surface area contributed by atoms with Gasteiger partial charge in [-0.25, -0.2) is 0 Å². The fourth-order valence-electron chi connectivity index (χ4n) is 0.423. The zero-order valence-corrected chi connectivity index (χ0v) is 7.77. The van der Waals surface area contributed by atoms with Gasteiger partial charge in [-0.05, 0) is 6.42 Å². The first kappa shape index (κ1) is 12.3. The molecular weight excluding hydrogens is 204 g/mol. The van der Waals surface area contributed by atoms with Crippen LogP contribution in [0.3, 0.4) is 0 Å². The van der Waals surface area contributed by atoms with Crippen LogP contribution in [0.4, 0.5) is 8.78 Å². The van der Waals surface area contributed by atoms with E-state index in [4.69, 9.17) is 5.26 Å². The van der Waals surface area contributed by atoms with Gasteiger partial charge < -0.3 is 0 Å². The van der Waals surface area contributed by atoms with E-state index in [0.29, 0.717) is 0 Å². The molecule has 0 amide bonds. The minimum Gasteiger partial charge on any atom is -0.265 e. The Bertz CT molecular complexity index is 288. The second-order valence-electron chi connectivity index (χ2n) is 2.35. The van der Waals surface area contributed by atoms with E-state index in [0.717, 1.165) is 0 Å². The van der Waals surface area contributed by atoms with Crippen LogP contribution < -0.4 is 0 Å². The van der Waals surface area contributed by atoms with Crippen LogP contribution in [-0.2, 0) is 14.3 Å². The highest BCUT2D eigenvalue weighted by atomic mass is 32.2. The van der Waals surface area contributed by atoms with Gasteiger partial charge in [0, 0.05) is 13.3 Å². The molecule has 0 heterocycles. The van der Waals surface area contributed by atoms with E-state index in [1.54, 1.807) is 6.07 Å². The molecule has 0 atom stereocenters. The minimum absolute atomic E-state index is 0.0742. The standard InChI is InChI=1S/C6H9F2NO3S/c1-6(7,8)13(10,11)12-5-3-2-4-9/h2-3,5H2,1H3. The number of unbranched alkanes of at least 4 members (excludes halogenated alkanes) is 1. The quantitative estimate of drug-likeness (QED) is 0.509. The number of nitriles is 1. The monoisotopic (exact) mass is 213 g/mol. The molecule has 4 nitrogen and oxygen atoms in total. The van der Waals surface area contributed by atoms with Crippen LogP contribution in [0.15, 0.2) is 0 Å². The van der Waals surface area contributed by atoms with Crippen molar-refractivity contribution in [3.63, 3.8) is 0 Å². The summed E-state index contributed by atoms with van der Waals surface area (Å²) in [6, 6.07) is 1.73. The van der Waals surface area contributed by atoms with Crippen molar-refractivity contribution in [1.29, 1.82) is 5.26 Å². The molecule has 0 radical (unpaired) electrons. The normalized spacial score (nSPS) is 12.5. The lowest BCUT2D eigenvalue weighted by atomic mass is 10.4. The lowest BCUT2D eigenvalue weighted by Gasteiger charge is -2.10. The van der Waals surface area contributed by atoms with E-state index in [-0.39, 0.29) is 26.4 Å². The smallest absolute Gasteiger partial charge is 0.265 e. The zero-order valence-electron chi connectivity index (χ0n) is 6.96. The minimum atomic E-state index is -4.82. The van der Waals surface area contributed by atoms with Gasteiger partial charge in [0.2, 0.25) is 0 Å². The first-order valence-electron chi connectivity index (χ1n) is 3.45. The van der Waals surface area contributed by atoms with E-state index in [1.807, 2.05) is 0 Å². The molecule has 0 aromatic rings. The Kier molecular flexibility index (Phi) is 4.23. The third-order valence-electron chi connectivity index (χ3n) is 1.11. The van der Waals surface area contributed by atoms with Crippen LogP contribution in [0.1, 0.15) is 19.8 Å². The summed E-state index contributed by atoms with van der Waals surface area (Å²) < 4.78 is 49.5. The third-order valence-corrected chi connectivity index (χ3v) is 2.47. The van der Waals surface area contributed by atoms with Gasteiger partial charge in [0.15, 0.2) is 0 Å². The number of nitrogens with zero attached hydrogens (tertiary/aromatic N) is 1. The molecule has 0 aromatic heterocycles. The van der Waals surface area contributed by atoms with Crippen LogP contribution in [0.25, 0.3) is 0 Å². The third kappa shape index (κ3) is 4.15. The van der Waals surface area contributed by atoms with Gasteiger partial charge in [0.1, 0.15) is 0 Å². The SMILES string of the molecule is CC(F)(F)S(=O)(=O)OCCCC#N. The van der Waals surface area contributed by atoms with Crippen molar-refractivity contribution in [2.24, 2.45) is 0 Å². The van der Waals surface area contributed by atoms with E-state index in [1.165, 1.54) is 0 Å². The second-order valence-corrected chi connectivity index (χ2v) is 4.21. The molecule has 0 saturated heterocycles. The van der Waals surface area contributed by atoms with Crippen molar-refractivity contribution in [1.82, 2.24) is 0 Å². The molecule has 0 fully saturated rings. The van der Waals surface area contributed by atoms with Crippen LogP contribution in [0.2, 0.25) is 0 Å². The maximum Gasteiger partial charge on any atom is 0.367 e. The maximum absolute atomic E-state index is 12.2. The number of rotatable bonds is 5. The molecule has 0 spiro atoms. The van der Waals surface area contributed by atoms with Gasteiger partial charge in [0.25, 0.3) is 0 Å². The molecule has 13 heavy (non-hydrogen) atoms. The summed E-state index contributed by atoms with van der Waals surface area (Å²) in [5.41, 5.74) is 0. The van der Waals surface area contributed by atoms with Gasteiger partial charge in [-0.1, -0.05) is 0 Å². The van der Waals surface area contributed by atoms with Gasteiger partial charge in [-0.3, -0.25) is 4.18 Å². The van der Waals surface area contributed by atoms with E-state index >= 15 is 0 Å². The molecule has 0 N–H and O–H groups in total. The van der Waals surface area contributed by atoms with Crippen molar-refractivity contribution >= 4 is 10.1 Å². The second kappa shape index (κ2) is 4.48. The number of alkyl halides is 2. The molecule has 0 aliphatic carbocycles. The first-order valence-corrected chi connectivity index (χ1v) is 4.86. The largest absolute Gasteiger partial charge is 0.367 e. The van der Waals surface area contributed by atoms with Crippen LogP contribution in [-0.4, -0.2) is 20.3 Å². The van der Waals surface area contributed by atoms with E-state index in [9.17, 15) is 17.2 Å². The van der Waals surface area contributed by atoms with Crippen molar-refractivity contribution in [2.75, 3.05) is 6.61 Å². The van der Waals surface area contributed by atoms with Crippen LogP contribution in [0, 0.1) is 11.3 Å². The Balaban J connectivity index is 4.01. The Hall–Kier alpha value is -0.740. The molecule has 0 aliphatic rings. The Labute approximate surface area is 75.2 Å². The molecule has 0 bridgehead atoms. The fraction of sp³-hybridized carbons (Fsp3) is 0.833. The van der Waals surface area contributed by atoms with Crippen LogP contribution in [0.5, 0.6) is 0 Å². The predicted molar refractivity (Wildman–Crippen MR) is 40.3 cm³/mol. The number of hydrogen-bond donors (Lipinski definition) is 0. The van der Waals surface area contributed by atoms with Crippen molar-refractivity contribution in [3.8, 4) is 6.07 Å². The van der Waals surface area contributed by atoms with Gasteiger partial charge >= 0.3 is 15.4 Å². The molecular formula is C6H9F2NO3S. The molecule has 0 saturated carbocycles. The molecule has 0 rings (SSSR count). The highest BCUT2D eigenvalue weighted by Crippen LogP contribution is 2.22. The average Bonchev–Trinajstić information content (AvgIpc) is 1.96. The van der Waals surface area contributed by atoms with Gasteiger partial charge in [0.05, 0.1) is 12.7 Å². The van der Waals surface area contributed by atoms with Gasteiger partial charge in [-0.15, -0.1) is 0 Å². The molecule has 0 aliphatic heterocycles. The van der Waals surface area contributed by atoms with Crippen molar-refractivity contribution in [3.05, 3.63) is 0 Å². The highest BCUT2D eigenvalue weighted by Gasteiger charge is 2.40. The van der Waals surface area contributed by atoms with Crippen molar-refractivity contribution < 1.29 is 21.4 Å². The fourth-order valence-corrected chi connectivity index (χ4v) is 0.968. The zero-order chi connectivity index (χ0) is 10.5. The Morgan fingerprint density at radius 2 is 2.08 bits per heavy atom. The molecule has 0 aromatic carbocycles.